The van der Waals surface area contributed by atoms with Crippen molar-refractivity contribution in [2.45, 2.75) is 33.2 Å². The monoisotopic (exact) mass is 526 g/mol. The number of aromatic nitrogens is 2. The van der Waals surface area contributed by atoms with E-state index in [9.17, 15) is 0 Å². The van der Waals surface area contributed by atoms with Gasteiger partial charge in [0.05, 0.1) is 24.6 Å². The number of unbranched alkanes of at least 4 members (excludes halogenated alkanes) is 1. The van der Waals surface area contributed by atoms with E-state index < -0.39 is 0 Å². The number of halogens is 1. The molecular weight excluding hydrogens is 491 g/mol. The molecule has 0 spiro atoms. The van der Waals surface area contributed by atoms with Crippen molar-refractivity contribution in [2.24, 2.45) is 4.99 Å². The molecule has 1 aliphatic rings. The van der Waals surface area contributed by atoms with Crippen LogP contribution < -0.4 is 10.6 Å². The molecule has 166 valence electrons. The molecule has 1 aromatic carbocycles. The van der Waals surface area contributed by atoms with Gasteiger partial charge in [-0.25, -0.2) is 4.68 Å². The molecule has 1 aliphatic heterocycles. The lowest BCUT2D eigenvalue weighted by atomic mass is 10.1. The Morgan fingerprint density at radius 3 is 2.60 bits per heavy atom. The topological polar surface area (TPSA) is 66.7 Å². The molecule has 0 saturated carbocycles. The van der Waals surface area contributed by atoms with Crippen LogP contribution >= 0.6 is 24.0 Å². The van der Waals surface area contributed by atoms with E-state index in [4.69, 9.17) is 4.74 Å². The van der Waals surface area contributed by atoms with Crippen molar-refractivity contribution >= 4 is 29.9 Å². The summed E-state index contributed by atoms with van der Waals surface area (Å²) in [4.78, 5) is 6.84. The molecule has 0 unspecified atom stereocenters. The molecule has 1 aromatic heterocycles. The van der Waals surface area contributed by atoms with Crippen molar-refractivity contribution in [3.63, 3.8) is 0 Å². The van der Waals surface area contributed by atoms with Crippen LogP contribution in [0.15, 0.2) is 35.3 Å². The minimum absolute atomic E-state index is 0. The largest absolute Gasteiger partial charge is 0.379 e. The Labute approximate surface area is 197 Å². The highest BCUT2D eigenvalue weighted by Crippen LogP contribution is 2.16. The fourth-order valence-electron chi connectivity index (χ4n) is 3.63. The molecule has 1 saturated heterocycles. The van der Waals surface area contributed by atoms with Crippen LogP contribution in [0.5, 0.6) is 0 Å². The summed E-state index contributed by atoms with van der Waals surface area (Å²) < 4.78 is 7.41. The molecule has 0 amide bonds. The standard InChI is InChI=1S/C22H34N6O.HI/c1-18-16-19(2)28(26-18)21-9-5-4-8-20(21)17-25-22(23-3)24-10-6-7-11-27-12-14-29-15-13-27;/h4-5,8-9,16H,6-7,10-15,17H2,1-3H3,(H2,23,24,25);1H. The van der Waals surface area contributed by atoms with E-state index >= 15 is 0 Å². The van der Waals surface area contributed by atoms with Crippen molar-refractivity contribution in [1.82, 2.24) is 25.3 Å². The van der Waals surface area contributed by atoms with Gasteiger partial charge in [-0.2, -0.15) is 5.10 Å². The van der Waals surface area contributed by atoms with Crippen molar-refractivity contribution in [3.8, 4) is 5.69 Å². The van der Waals surface area contributed by atoms with Crippen LogP contribution in [-0.4, -0.2) is 67.1 Å². The average Bonchev–Trinajstić information content (AvgIpc) is 3.08. The molecular formula is C22H35IN6O. The van der Waals surface area contributed by atoms with Gasteiger partial charge in [0.25, 0.3) is 0 Å². The first-order valence-corrected chi connectivity index (χ1v) is 10.5. The number of aliphatic imine (C=N–C) groups is 1. The lowest BCUT2D eigenvalue weighted by Gasteiger charge is -2.26. The summed E-state index contributed by atoms with van der Waals surface area (Å²) in [6.45, 7) is 10.7. The fraction of sp³-hybridized carbons (Fsp3) is 0.545. The zero-order valence-electron chi connectivity index (χ0n) is 18.4. The second-order valence-electron chi connectivity index (χ2n) is 7.48. The Morgan fingerprint density at radius 1 is 1.13 bits per heavy atom. The van der Waals surface area contributed by atoms with Gasteiger partial charge in [0, 0.05) is 38.9 Å². The Hall–Kier alpha value is -1.65. The number of para-hydroxylation sites is 1. The molecule has 0 bridgehead atoms. The van der Waals surface area contributed by atoms with Gasteiger partial charge in [-0.15, -0.1) is 24.0 Å². The van der Waals surface area contributed by atoms with E-state index in [1.165, 1.54) is 12.0 Å². The lowest BCUT2D eigenvalue weighted by Crippen LogP contribution is -2.38. The first kappa shape index (κ1) is 24.6. The van der Waals surface area contributed by atoms with Gasteiger partial charge in [-0.1, -0.05) is 18.2 Å². The van der Waals surface area contributed by atoms with Gasteiger partial charge in [0.2, 0.25) is 0 Å². The maximum Gasteiger partial charge on any atom is 0.191 e. The highest BCUT2D eigenvalue weighted by molar-refractivity contribution is 14.0. The first-order valence-electron chi connectivity index (χ1n) is 10.5. The number of hydrogen-bond acceptors (Lipinski definition) is 4. The van der Waals surface area contributed by atoms with Crippen LogP contribution in [0.25, 0.3) is 5.69 Å². The highest BCUT2D eigenvalue weighted by atomic mass is 127. The number of hydrogen-bond donors (Lipinski definition) is 2. The van der Waals surface area contributed by atoms with E-state index in [1.807, 2.05) is 18.7 Å². The predicted octanol–water partition coefficient (Wildman–Crippen LogP) is 2.88. The molecule has 1 fully saturated rings. The number of nitrogens with zero attached hydrogens (tertiary/aromatic N) is 4. The summed E-state index contributed by atoms with van der Waals surface area (Å²) in [6, 6.07) is 10.5. The van der Waals surface area contributed by atoms with E-state index in [-0.39, 0.29) is 24.0 Å². The Balaban J connectivity index is 0.00000320. The van der Waals surface area contributed by atoms with Crippen LogP contribution in [0.2, 0.25) is 0 Å². The van der Waals surface area contributed by atoms with Gasteiger partial charge < -0.3 is 15.4 Å². The maximum absolute atomic E-state index is 5.40. The smallest absolute Gasteiger partial charge is 0.191 e. The van der Waals surface area contributed by atoms with Crippen molar-refractivity contribution in [2.75, 3.05) is 46.4 Å². The third-order valence-corrected chi connectivity index (χ3v) is 5.20. The molecule has 0 radical (unpaired) electrons. The van der Waals surface area contributed by atoms with Gasteiger partial charge in [0.15, 0.2) is 5.96 Å². The maximum atomic E-state index is 5.40. The second-order valence-corrected chi connectivity index (χ2v) is 7.48. The van der Waals surface area contributed by atoms with Crippen LogP contribution in [0.4, 0.5) is 0 Å². The molecule has 7 nitrogen and oxygen atoms in total. The molecule has 2 heterocycles. The molecule has 0 atom stereocenters. The summed E-state index contributed by atoms with van der Waals surface area (Å²) in [7, 11) is 1.82. The predicted molar refractivity (Wildman–Crippen MR) is 133 cm³/mol. The number of rotatable bonds is 8. The SMILES string of the molecule is CN=C(NCCCCN1CCOCC1)NCc1ccccc1-n1nc(C)cc1C.I. The minimum atomic E-state index is 0. The zero-order valence-corrected chi connectivity index (χ0v) is 20.7. The number of guanidine groups is 1. The van der Waals surface area contributed by atoms with E-state index in [1.54, 1.807) is 0 Å². The van der Waals surface area contributed by atoms with Gasteiger partial charge in [-0.3, -0.25) is 9.89 Å². The van der Waals surface area contributed by atoms with Crippen LogP contribution in [0.1, 0.15) is 29.8 Å². The normalized spacial score (nSPS) is 15.0. The van der Waals surface area contributed by atoms with Gasteiger partial charge in [0.1, 0.15) is 0 Å². The second kappa shape index (κ2) is 12.9. The number of ether oxygens (including phenoxy) is 1. The quantitative estimate of drug-likeness (QED) is 0.240. The van der Waals surface area contributed by atoms with Gasteiger partial charge in [-0.05, 0) is 50.9 Å². The first-order chi connectivity index (χ1) is 14.2. The highest BCUT2D eigenvalue weighted by Gasteiger charge is 2.10. The van der Waals surface area contributed by atoms with Crippen molar-refractivity contribution < 1.29 is 4.74 Å². The summed E-state index contributed by atoms with van der Waals surface area (Å²) in [5.74, 6) is 0.833. The van der Waals surface area contributed by atoms with E-state index in [0.717, 1.165) is 68.8 Å². The third-order valence-electron chi connectivity index (χ3n) is 5.20. The molecule has 2 aromatic rings. The summed E-state index contributed by atoms with van der Waals surface area (Å²) in [6.07, 6.45) is 2.31. The average molecular weight is 526 g/mol. The number of benzene rings is 1. The Bertz CT molecular complexity index is 801. The summed E-state index contributed by atoms with van der Waals surface area (Å²) in [5, 5.41) is 11.5. The van der Waals surface area contributed by atoms with E-state index in [0.29, 0.717) is 6.54 Å². The summed E-state index contributed by atoms with van der Waals surface area (Å²) in [5.41, 5.74) is 4.46. The molecule has 30 heavy (non-hydrogen) atoms. The van der Waals surface area contributed by atoms with Crippen molar-refractivity contribution in [1.29, 1.82) is 0 Å². The van der Waals surface area contributed by atoms with Gasteiger partial charge >= 0.3 is 0 Å². The summed E-state index contributed by atoms with van der Waals surface area (Å²) >= 11 is 0. The van der Waals surface area contributed by atoms with Crippen molar-refractivity contribution in [3.05, 3.63) is 47.3 Å². The zero-order chi connectivity index (χ0) is 20.5. The van der Waals surface area contributed by atoms with Crippen LogP contribution in [0.3, 0.4) is 0 Å². The van der Waals surface area contributed by atoms with Crippen LogP contribution in [-0.2, 0) is 11.3 Å². The molecule has 3 rings (SSSR count). The third kappa shape index (κ3) is 7.24. The number of nitrogens with one attached hydrogen (secondary N) is 2. The molecule has 0 aliphatic carbocycles. The minimum Gasteiger partial charge on any atom is -0.379 e. The fourth-order valence-corrected chi connectivity index (χ4v) is 3.63. The number of aryl methyl sites for hydroxylation is 2. The van der Waals surface area contributed by atoms with Crippen LogP contribution in [0, 0.1) is 13.8 Å². The lowest BCUT2D eigenvalue weighted by molar-refractivity contribution is 0.0372. The Morgan fingerprint density at radius 2 is 1.90 bits per heavy atom. The van der Waals surface area contributed by atoms with E-state index in [2.05, 4.69) is 62.9 Å². The Kier molecular flexibility index (Phi) is 10.6. The molecule has 8 heteroatoms. The number of morpholine rings is 1. The molecule has 2 N–H and O–H groups in total.